The topological polar surface area (TPSA) is 53.1 Å². The summed E-state index contributed by atoms with van der Waals surface area (Å²) >= 11 is 6.07. The fourth-order valence-corrected chi connectivity index (χ4v) is 1.56. The average molecular weight is 204 g/mol. The van der Waals surface area contributed by atoms with Crippen LogP contribution < -0.4 is 5.90 Å². The van der Waals surface area contributed by atoms with E-state index in [4.69, 9.17) is 17.5 Å². The molecular weight excluding hydrogens is 190 g/mol. The normalized spacial score (nSPS) is 10.8. The fourth-order valence-electron chi connectivity index (χ4n) is 1.23. The SMILES string of the molecule is CCc1nn(CC)c(CON)c1Cl. The Morgan fingerprint density at radius 1 is 1.54 bits per heavy atom. The van der Waals surface area contributed by atoms with Crippen LogP contribution in [0.4, 0.5) is 0 Å². The molecule has 0 radical (unpaired) electrons. The molecule has 0 unspecified atom stereocenters. The molecule has 0 spiro atoms. The van der Waals surface area contributed by atoms with Crippen LogP contribution in [-0.2, 0) is 24.4 Å². The van der Waals surface area contributed by atoms with Gasteiger partial charge in [-0.25, -0.2) is 5.90 Å². The number of aromatic nitrogens is 2. The lowest BCUT2D eigenvalue weighted by molar-refractivity contribution is 0.118. The van der Waals surface area contributed by atoms with Gasteiger partial charge in [0.15, 0.2) is 0 Å². The van der Waals surface area contributed by atoms with E-state index in [2.05, 4.69) is 9.94 Å². The van der Waals surface area contributed by atoms with E-state index in [9.17, 15) is 0 Å². The van der Waals surface area contributed by atoms with E-state index < -0.39 is 0 Å². The fraction of sp³-hybridized carbons (Fsp3) is 0.625. The van der Waals surface area contributed by atoms with Gasteiger partial charge in [0, 0.05) is 6.54 Å². The Morgan fingerprint density at radius 2 is 2.23 bits per heavy atom. The zero-order chi connectivity index (χ0) is 9.84. The van der Waals surface area contributed by atoms with Crippen molar-refractivity contribution in [1.82, 2.24) is 9.78 Å². The maximum atomic E-state index is 6.07. The molecule has 1 aromatic rings. The second-order valence-electron chi connectivity index (χ2n) is 2.69. The highest BCUT2D eigenvalue weighted by Gasteiger charge is 2.13. The number of nitrogens with zero attached hydrogens (tertiary/aromatic N) is 2. The van der Waals surface area contributed by atoms with Gasteiger partial charge in [0.05, 0.1) is 16.4 Å². The van der Waals surface area contributed by atoms with Crippen molar-refractivity contribution in [2.24, 2.45) is 5.90 Å². The Labute approximate surface area is 82.6 Å². The third-order valence-corrected chi connectivity index (χ3v) is 2.35. The summed E-state index contributed by atoms with van der Waals surface area (Å²) < 4.78 is 1.81. The largest absolute Gasteiger partial charge is 0.298 e. The predicted octanol–water partition coefficient (Wildman–Crippen LogP) is 1.51. The summed E-state index contributed by atoms with van der Waals surface area (Å²) in [6, 6.07) is 0. The number of aryl methyl sites for hydroxylation is 2. The molecule has 5 heteroatoms. The van der Waals surface area contributed by atoms with Gasteiger partial charge in [0.1, 0.15) is 6.61 Å². The molecule has 1 rings (SSSR count). The van der Waals surface area contributed by atoms with E-state index in [-0.39, 0.29) is 0 Å². The van der Waals surface area contributed by atoms with Crippen LogP contribution in [0, 0.1) is 0 Å². The molecule has 0 fully saturated rings. The van der Waals surface area contributed by atoms with Crippen LogP contribution in [0.5, 0.6) is 0 Å². The van der Waals surface area contributed by atoms with Crippen molar-refractivity contribution >= 4 is 11.6 Å². The Hall–Kier alpha value is -0.580. The molecule has 0 aromatic carbocycles. The summed E-state index contributed by atoms with van der Waals surface area (Å²) in [5.74, 6) is 5.00. The summed E-state index contributed by atoms with van der Waals surface area (Å²) in [6.45, 7) is 5.10. The predicted molar refractivity (Wildman–Crippen MR) is 51.3 cm³/mol. The van der Waals surface area contributed by atoms with E-state index >= 15 is 0 Å². The van der Waals surface area contributed by atoms with Crippen LogP contribution in [0.1, 0.15) is 25.2 Å². The van der Waals surface area contributed by atoms with Crippen molar-refractivity contribution in [3.63, 3.8) is 0 Å². The molecule has 74 valence electrons. The molecule has 0 saturated carbocycles. The number of hydrogen-bond acceptors (Lipinski definition) is 3. The maximum absolute atomic E-state index is 6.07. The Kier molecular flexibility index (Phi) is 3.71. The molecule has 0 saturated heterocycles. The van der Waals surface area contributed by atoms with Crippen LogP contribution in [0.15, 0.2) is 0 Å². The van der Waals surface area contributed by atoms with E-state index in [0.29, 0.717) is 11.6 Å². The first-order valence-corrected chi connectivity index (χ1v) is 4.68. The summed E-state index contributed by atoms with van der Waals surface area (Å²) in [5.41, 5.74) is 1.75. The van der Waals surface area contributed by atoms with Crippen molar-refractivity contribution in [3.8, 4) is 0 Å². The molecule has 0 aliphatic heterocycles. The average Bonchev–Trinajstić information content (AvgIpc) is 2.45. The molecule has 0 atom stereocenters. The van der Waals surface area contributed by atoms with Gasteiger partial charge in [-0.3, -0.25) is 9.52 Å². The minimum Gasteiger partial charge on any atom is -0.298 e. The van der Waals surface area contributed by atoms with Crippen LogP contribution in [-0.4, -0.2) is 9.78 Å². The first-order chi connectivity index (χ1) is 6.24. The molecule has 4 nitrogen and oxygen atoms in total. The molecule has 0 aliphatic rings. The number of halogens is 1. The standard InChI is InChI=1S/C8H14ClN3O/c1-3-6-8(9)7(5-13-10)12(4-2)11-6/h3-5,10H2,1-2H3. The Bertz CT molecular complexity index is 285. The molecule has 0 bridgehead atoms. The van der Waals surface area contributed by atoms with Crippen molar-refractivity contribution in [2.75, 3.05) is 0 Å². The van der Waals surface area contributed by atoms with E-state index in [0.717, 1.165) is 24.4 Å². The smallest absolute Gasteiger partial charge is 0.111 e. The summed E-state index contributed by atoms with van der Waals surface area (Å²) in [7, 11) is 0. The van der Waals surface area contributed by atoms with Crippen LogP contribution >= 0.6 is 11.6 Å². The zero-order valence-corrected chi connectivity index (χ0v) is 8.64. The number of hydrogen-bond donors (Lipinski definition) is 1. The molecule has 0 amide bonds. The summed E-state index contributed by atoms with van der Waals surface area (Å²) in [6.07, 6.45) is 0.823. The first kappa shape index (κ1) is 10.5. The van der Waals surface area contributed by atoms with Gasteiger partial charge >= 0.3 is 0 Å². The van der Waals surface area contributed by atoms with Gasteiger partial charge in [-0.1, -0.05) is 18.5 Å². The maximum Gasteiger partial charge on any atom is 0.111 e. The van der Waals surface area contributed by atoms with Gasteiger partial charge < -0.3 is 0 Å². The molecule has 2 N–H and O–H groups in total. The van der Waals surface area contributed by atoms with E-state index in [1.165, 1.54) is 0 Å². The second-order valence-corrected chi connectivity index (χ2v) is 3.07. The highest BCUT2D eigenvalue weighted by molar-refractivity contribution is 6.31. The highest BCUT2D eigenvalue weighted by Crippen LogP contribution is 2.21. The van der Waals surface area contributed by atoms with Gasteiger partial charge in [0.25, 0.3) is 0 Å². The van der Waals surface area contributed by atoms with E-state index in [1.807, 2.05) is 18.5 Å². The van der Waals surface area contributed by atoms with Gasteiger partial charge in [0.2, 0.25) is 0 Å². The lowest BCUT2D eigenvalue weighted by Gasteiger charge is -2.02. The summed E-state index contributed by atoms with van der Waals surface area (Å²) in [4.78, 5) is 4.56. The third kappa shape index (κ3) is 2.02. The van der Waals surface area contributed by atoms with Crippen LogP contribution in [0.25, 0.3) is 0 Å². The second kappa shape index (κ2) is 4.60. The number of nitrogens with two attached hydrogens (primary N) is 1. The minimum atomic E-state index is 0.305. The molecule has 0 aliphatic carbocycles. The summed E-state index contributed by atoms with van der Waals surface area (Å²) in [5, 5.41) is 4.99. The van der Waals surface area contributed by atoms with Crippen molar-refractivity contribution in [2.45, 2.75) is 33.4 Å². The van der Waals surface area contributed by atoms with Crippen molar-refractivity contribution in [1.29, 1.82) is 0 Å². The molecule has 1 aromatic heterocycles. The molecule has 1 heterocycles. The zero-order valence-electron chi connectivity index (χ0n) is 7.88. The van der Waals surface area contributed by atoms with Gasteiger partial charge in [-0.15, -0.1) is 0 Å². The molecular formula is C8H14ClN3O. The monoisotopic (exact) mass is 203 g/mol. The van der Waals surface area contributed by atoms with E-state index in [1.54, 1.807) is 0 Å². The molecule has 13 heavy (non-hydrogen) atoms. The lowest BCUT2D eigenvalue weighted by atomic mass is 10.3. The van der Waals surface area contributed by atoms with Crippen molar-refractivity contribution < 1.29 is 4.84 Å². The Morgan fingerprint density at radius 3 is 2.69 bits per heavy atom. The quantitative estimate of drug-likeness (QED) is 0.755. The first-order valence-electron chi connectivity index (χ1n) is 4.30. The highest BCUT2D eigenvalue weighted by atomic mass is 35.5. The van der Waals surface area contributed by atoms with Gasteiger partial charge in [-0.05, 0) is 13.3 Å². The van der Waals surface area contributed by atoms with Crippen LogP contribution in [0.2, 0.25) is 5.02 Å². The lowest BCUT2D eigenvalue weighted by Crippen LogP contribution is -2.07. The third-order valence-electron chi connectivity index (χ3n) is 1.91. The number of rotatable bonds is 4. The Balaban J connectivity index is 3.05. The van der Waals surface area contributed by atoms with Crippen molar-refractivity contribution in [3.05, 3.63) is 16.4 Å². The van der Waals surface area contributed by atoms with Crippen LogP contribution in [0.3, 0.4) is 0 Å². The minimum absolute atomic E-state index is 0.305. The van der Waals surface area contributed by atoms with Gasteiger partial charge in [-0.2, -0.15) is 5.10 Å².